The molecule has 0 radical (unpaired) electrons. The number of fused-ring (bicyclic) bond motifs is 1. The first-order chi connectivity index (χ1) is 14.2. The normalized spacial score (nSPS) is 24.4. The lowest BCUT2D eigenvalue weighted by Crippen LogP contribution is -2.47. The number of benzene rings is 1. The quantitative estimate of drug-likeness (QED) is 0.748. The molecule has 5 nitrogen and oxygen atoms in total. The van der Waals surface area contributed by atoms with Crippen LogP contribution in [0.4, 0.5) is 10.2 Å². The molecule has 1 aromatic heterocycles. The minimum absolute atomic E-state index is 0.0889. The molecule has 3 heterocycles. The molecule has 2 aliphatic heterocycles. The number of aryl methyl sites for hydroxylation is 1. The molecule has 30 heavy (non-hydrogen) atoms. The number of alkyl halides is 1. The number of likely N-dealkylation sites (tertiary alicyclic amines) is 1. The number of nitrogens with zero attached hydrogens (tertiary/aromatic N) is 3. The third kappa shape index (κ3) is 3.21. The molecule has 0 bridgehead atoms. The molecule has 1 unspecified atom stereocenters. The van der Waals surface area contributed by atoms with Crippen LogP contribution < -0.4 is 5.32 Å². The van der Waals surface area contributed by atoms with Gasteiger partial charge in [-0.25, -0.2) is 9.07 Å². The second-order valence-electron chi connectivity index (χ2n) is 9.49. The molecule has 6 heteroatoms. The van der Waals surface area contributed by atoms with Crippen LogP contribution in [0.5, 0.6) is 0 Å². The topological polar surface area (TPSA) is 50.2 Å². The first-order valence-corrected chi connectivity index (χ1v) is 11.1. The largest absolute Gasteiger partial charge is 0.363 e. The summed E-state index contributed by atoms with van der Waals surface area (Å²) in [5, 5.41) is 8.35. The van der Waals surface area contributed by atoms with Gasteiger partial charge in [0.2, 0.25) is 0 Å². The third-order valence-corrected chi connectivity index (χ3v) is 7.18. The molecule has 1 N–H and O–H groups in total. The highest BCUT2D eigenvalue weighted by molar-refractivity contribution is 6.01. The van der Waals surface area contributed by atoms with Gasteiger partial charge in [-0.3, -0.25) is 4.79 Å². The van der Waals surface area contributed by atoms with Gasteiger partial charge in [-0.1, -0.05) is 44.2 Å². The van der Waals surface area contributed by atoms with Gasteiger partial charge in [0.05, 0.1) is 23.8 Å². The van der Waals surface area contributed by atoms with E-state index in [0.717, 1.165) is 25.1 Å². The molecule has 0 saturated carbocycles. The van der Waals surface area contributed by atoms with Crippen LogP contribution in [0.25, 0.3) is 0 Å². The van der Waals surface area contributed by atoms with E-state index >= 15 is 0 Å². The molecular weight excluding hydrogens is 379 g/mol. The van der Waals surface area contributed by atoms with E-state index in [9.17, 15) is 9.18 Å². The Kier molecular flexibility index (Phi) is 5.15. The van der Waals surface area contributed by atoms with Crippen LogP contribution in [-0.2, 0) is 5.54 Å². The van der Waals surface area contributed by atoms with Gasteiger partial charge in [-0.05, 0) is 45.6 Å². The SMILES string of the molecule is CCC1(CC)CC(F)CN1C(=O)c1c(C)nn2c1N[C@@H](c1ccccc1)CC2(C)C. The highest BCUT2D eigenvalue weighted by atomic mass is 19.1. The number of hydrogen-bond acceptors (Lipinski definition) is 3. The van der Waals surface area contributed by atoms with Crippen molar-refractivity contribution in [1.29, 1.82) is 0 Å². The Morgan fingerprint density at radius 3 is 2.50 bits per heavy atom. The predicted octanol–water partition coefficient (Wildman–Crippen LogP) is 5.23. The summed E-state index contributed by atoms with van der Waals surface area (Å²) in [5.41, 5.74) is 1.82. The average Bonchev–Trinajstić information content (AvgIpc) is 3.25. The zero-order chi connectivity index (χ0) is 21.7. The monoisotopic (exact) mass is 412 g/mol. The molecule has 1 saturated heterocycles. The van der Waals surface area contributed by atoms with Crippen LogP contribution in [-0.4, -0.2) is 38.8 Å². The number of rotatable bonds is 4. The Labute approximate surface area is 178 Å². The second-order valence-corrected chi connectivity index (χ2v) is 9.49. The maximum atomic E-state index is 14.5. The third-order valence-electron chi connectivity index (χ3n) is 7.18. The number of halogens is 1. The Bertz CT molecular complexity index is 932. The fraction of sp³-hybridized carbons (Fsp3) is 0.583. The molecule has 1 fully saturated rings. The Morgan fingerprint density at radius 1 is 1.20 bits per heavy atom. The molecular formula is C24H33FN4O. The van der Waals surface area contributed by atoms with Crippen LogP contribution in [0.2, 0.25) is 0 Å². The number of amides is 1. The van der Waals surface area contributed by atoms with Gasteiger partial charge >= 0.3 is 0 Å². The van der Waals surface area contributed by atoms with Gasteiger partial charge in [0.1, 0.15) is 17.6 Å². The van der Waals surface area contributed by atoms with E-state index in [1.165, 1.54) is 5.56 Å². The second kappa shape index (κ2) is 7.40. The van der Waals surface area contributed by atoms with E-state index in [1.807, 2.05) is 29.8 Å². The van der Waals surface area contributed by atoms with E-state index < -0.39 is 11.7 Å². The zero-order valence-electron chi connectivity index (χ0n) is 18.7. The Morgan fingerprint density at radius 2 is 1.87 bits per heavy atom. The van der Waals surface area contributed by atoms with E-state index in [0.29, 0.717) is 17.7 Å². The van der Waals surface area contributed by atoms with Gasteiger partial charge < -0.3 is 10.2 Å². The van der Waals surface area contributed by atoms with Crippen LogP contribution in [0.3, 0.4) is 0 Å². The van der Waals surface area contributed by atoms with Gasteiger partial charge in [0.15, 0.2) is 0 Å². The fourth-order valence-electron chi connectivity index (χ4n) is 5.38. The smallest absolute Gasteiger partial charge is 0.260 e. The molecule has 4 rings (SSSR count). The highest BCUT2D eigenvalue weighted by Gasteiger charge is 2.48. The number of hydrogen-bond donors (Lipinski definition) is 1. The van der Waals surface area contributed by atoms with E-state index in [4.69, 9.17) is 5.10 Å². The van der Waals surface area contributed by atoms with Crippen molar-refractivity contribution in [2.24, 2.45) is 0 Å². The number of nitrogens with one attached hydrogen (secondary N) is 1. The molecule has 1 amide bonds. The van der Waals surface area contributed by atoms with E-state index in [2.05, 4.69) is 45.1 Å². The van der Waals surface area contributed by atoms with Crippen molar-refractivity contribution in [2.75, 3.05) is 11.9 Å². The summed E-state index contributed by atoms with van der Waals surface area (Å²) in [6.45, 7) is 10.5. The number of anilines is 1. The lowest BCUT2D eigenvalue weighted by atomic mass is 9.88. The van der Waals surface area contributed by atoms with Crippen molar-refractivity contribution in [3.8, 4) is 0 Å². The molecule has 162 valence electrons. The van der Waals surface area contributed by atoms with Gasteiger partial charge in [-0.2, -0.15) is 5.10 Å². The molecule has 1 aromatic carbocycles. The summed E-state index contributed by atoms with van der Waals surface area (Å²) >= 11 is 0. The lowest BCUT2D eigenvalue weighted by molar-refractivity contribution is 0.0572. The van der Waals surface area contributed by atoms with Crippen LogP contribution in [0.1, 0.15) is 81.0 Å². The summed E-state index contributed by atoms with van der Waals surface area (Å²) in [6, 6.07) is 10.4. The predicted molar refractivity (Wildman–Crippen MR) is 118 cm³/mol. The lowest BCUT2D eigenvalue weighted by Gasteiger charge is -2.39. The standard InChI is InChI=1S/C24H33FN4O/c1-6-24(7-2)13-18(25)15-28(24)22(30)20-16(3)27-29-21(20)26-19(14-23(29,4)5)17-11-9-8-10-12-17/h8-12,18-19,26H,6-7,13-15H2,1-5H3/t18?,19-/m1/s1. The first kappa shape index (κ1) is 20.9. The summed E-state index contributed by atoms with van der Waals surface area (Å²) in [6.07, 6.45) is 1.82. The van der Waals surface area contributed by atoms with Crippen LogP contribution in [0, 0.1) is 6.92 Å². The van der Waals surface area contributed by atoms with Crippen molar-refractivity contribution in [3.63, 3.8) is 0 Å². The van der Waals surface area contributed by atoms with Crippen molar-refractivity contribution in [3.05, 3.63) is 47.2 Å². The van der Waals surface area contributed by atoms with Crippen molar-refractivity contribution < 1.29 is 9.18 Å². The highest BCUT2D eigenvalue weighted by Crippen LogP contribution is 2.43. The van der Waals surface area contributed by atoms with E-state index in [-0.39, 0.29) is 24.0 Å². The van der Waals surface area contributed by atoms with Crippen molar-refractivity contribution in [1.82, 2.24) is 14.7 Å². The Hall–Kier alpha value is -2.37. The summed E-state index contributed by atoms with van der Waals surface area (Å²) in [7, 11) is 0. The minimum Gasteiger partial charge on any atom is -0.363 e. The summed E-state index contributed by atoms with van der Waals surface area (Å²) in [5.74, 6) is 0.653. The van der Waals surface area contributed by atoms with E-state index in [1.54, 1.807) is 4.90 Å². The number of aromatic nitrogens is 2. The van der Waals surface area contributed by atoms with Crippen LogP contribution in [0.15, 0.2) is 30.3 Å². The summed E-state index contributed by atoms with van der Waals surface area (Å²) < 4.78 is 16.4. The fourth-order valence-corrected chi connectivity index (χ4v) is 5.38. The van der Waals surface area contributed by atoms with Gasteiger partial charge in [0, 0.05) is 12.0 Å². The van der Waals surface area contributed by atoms with Crippen LogP contribution >= 0.6 is 0 Å². The summed E-state index contributed by atoms with van der Waals surface area (Å²) in [4.78, 5) is 15.6. The zero-order valence-corrected chi connectivity index (χ0v) is 18.7. The molecule has 0 spiro atoms. The van der Waals surface area contributed by atoms with Gasteiger partial charge in [0.25, 0.3) is 5.91 Å². The average molecular weight is 413 g/mol. The molecule has 2 aliphatic rings. The Balaban J connectivity index is 1.77. The van der Waals surface area contributed by atoms with Gasteiger partial charge in [-0.15, -0.1) is 0 Å². The number of carbonyl (C=O) groups excluding carboxylic acids is 1. The van der Waals surface area contributed by atoms with Crippen molar-refractivity contribution in [2.45, 2.75) is 83.6 Å². The first-order valence-electron chi connectivity index (χ1n) is 11.1. The molecule has 2 aromatic rings. The number of carbonyl (C=O) groups is 1. The minimum atomic E-state index is -0.970. The molecule has 2 atom stereocenters. The maximum absolute atomic E-state index is 14.5. The maximum Gasteiger partial charge on any atom is 0.260 e. The van der Waals surface area contributed by atoms with Crippen molar-refractivity contribution >= 4 is 11.7 Å². The molecule has 0 aliphatic carbocycles.